The Labute approximate surface area is 227 Å². The van der Waals surface area contributed by atoms with Crippen LogP contribution in [0.25, 0.3) is 0 Å². The second kappa shape index (κ2) is 11.4. The first-order valence-electron chi connectivity index (χ1n) is 12.4. The summed E-state index contributed by atoms with van der Waals surface area (Å²) in [6.45, 7) is 5.28. The molecule has 1 amide bonds. The number of hydrogen-bond acceptors (Lipinski definition) is 10. The van der Waals surface area contributed by atoms with Gasteiger partial charge in [0.05, 0.1) is 12.7 Å². The van der Waals surface area contributed by atoms with E-state index in [2.05, 4.69) is 17.0 Å². The van der Waals surface area contributed by atoms with Crippen LogP contribution in [0, 0.1) is 5.92 Å². The van der Waals surface area contributed by atoms with Gasteiger partial charge in [0, 0.05) is 12.3 Å². The molecule has 13 heteroatoms. The van der Waals surface area contributed by atoms with Crippen molar-refractivity contribution in [2.45, 2.75) is 69.8 Å². The zero-order valence-corrected chi connectivity index (χ0v) is 23.2. The standard InChI is InChI=1S/C25H34N3O8PS/c1-15(2)34-23(31)16(3)27-37(38,36-19-8-6-5-7-9-19)33-14-20-22(30)25(32,18-10-11-18)24(35-20)28-13-12-21(29)26-17(28)4/h5-9,12-13,15-16,18,20,22,24,30,32H,4,10-11,14H2,1-3H3,(H,26,29)(H,27,38)/t16?,20-,22-,24-,25-,37?/m1/s1. The number of aliphatic hydroxyl groups is 2. The van der Waals surface area contributed by atoms with Gasteiger partial charge in [-0.25, -0.2) is 5.09 Å². The lowest BCUT2D eigenvalue weighted by Crippen LogP contribution is -2.57. The van der Waals surface area contributed by atoms with Crippen molar-refractivity contribution in [3.63, 3.8) is 0 Å². The molecule has 2 fully saturated rings. The maximum atomic E-state index is 12.5. The Morgan fingerprint density at radius 2 is 2.03 bits per heavy atom. The van der Waals surface area contributed by atoms with Crippen LogP contribution in [0.2, 0.25) is 0 Å². The van der Waals surface area contributed by atoms with Crippen molar-refractivity contribution in [3.8, 4) is 5.75 Å². The van der Waals surface area contributed by atoms with Gasteiger partial charge < -0.3 is 39.0 Å². The van der Waals surface area contributed by atoms with E-state index in [4.69, 9.17) is 30.3 Å². The summed E-state index contributed by atoms with van der Waals surface area (Å²) < 4.78 is 23.4. The van der Waals surface area contributed by atoms with E-state index in [0.29, 0.717) is 18.6 Å². The molecule has 0 bridgehead atoms. The van der Waals surface area contributed by atoms with Crippen molar-refractivity contribution in [2.75, 3.05) is 6.61 Å². The molecule has 3 aliphatic rings. The van der Waals surface area contributed by atoms with Crippen LogP contribution >= 0.6 is 6.64 Å². The van der Waals surface area contributed by atoms with E-state index in [9.17, 15) is 19.8 Å². The molecule has 11 nitrogen and oxygen atoms in total. The van der Waals surface area contributed by atoms with E-state index >= 15 is 0 Å². The van der Waals surface area contributed by atoms with Crippen LogP contribution < -0.4 is 14.9 Å². The van der Waals surface area contributed by atoms with E-state index in [-0.39, 0.29) is 30.4 Å². The Balaban J connectivity index is 1.53. The van der Waals surface area contributed by atoms with Gasteiger partial charge in [-0.15, -0.1) is 0 Å². The minimum absolute atomic E-state index is 0.209. The highest BCUT2D eigenvalue weighted by atomic mass is 32.5. The van der Waals surface area contributed by atoms with Crippen LogP contribution in [0.1, 0.15) is 33.6 Å². The van der Waals surface area contributed by atoms with Crippen LogP contribution in [0.3, 0.4) is 0 Å². The normalized spacial score (nSPS) is 29.6. The number of esters is 1. The third kappa shape index (κ3) is 6.28. The second-order valence-electron chi connectivity index (χ2n) is 9.83. The fourth-order valence-corrected chi connectivity index (χ4v) is 6.83. The van der Waals surface area contributed by atoms with Crippen LogP contribution in [0.4, 0.5) is 0 Å². The van der Waals surface area contributed by atoms with Gasteiger partial charge in [0.1, 0.15) is 35.4 Å². The fraction of sp³-hybridized carbons (Fsp3) is 0.520. The van der Waals surface area contributed by atoms with Gasteiger partial charge in [0.25, 0.3) is 5.91 Å². The Morgan fingerprint density at radius 1 is 1.34 bits per heavy atom. The first-order valence-corrected chi connectivity index (χ1v) is 15.1. The largest absolute Gasteiger partial charge is 0.462 e. The van der Waals surface area contributed by atoms with E-state index in [1.54, 1.807) is 45.0 Å². The van der Waals surface area contributed by atoms with E-state index in [1.807, 2.05) is 6.07 Å². The van der Waals surface area contributed by atoms with Gasteiger partial charge >= 0.3 is 12.6 Å². The molecular weight excluding hydrogens is 533 g/mol. The number of rotatable bonds is 11. The molecule has 38 heavy (non-hydrogen) atoms. The van der Waals surface area contributed by atoms with Crippen LogP contribution in [-0.4, -0.2) is 69.8 Å². The van der Waals surface area contributed by atoms with Crippen molar-refractivity contribution in [2.24, 2.45) is 5.92 Å². The highest BCUT2D eigenvalue weighted by molar-refractivity contribution is 8.09. The monoisotopic (exact) mass is 567 g/mol. The number of hydrogen-bond donors (Lipinski definition) is 4. The Hall–Kier alpha value is -2.31. The summed E-state index contributed by atoms with van der Waals surface area (Å²) in [5.74, 6) is -0.439. The van der Waals surface area contributed by atoms with Crippen molar-refractivity contribution >= 4 is 30.3 Å². The van der Waals surface area contributed by atoms with Crippen molar-refractivity contribution in [1.29, 1.82) is 0 Å². The summed E-state index contributed by atoms with van der Waals surface area (Å²) in [4.78, 5) is 25.7. The maximum absolute atomic E-state index is 12.5. The third-order valence-electron chi connectivity index (χ3n) is 6.41. The summed E-state index contributed by atoms with van der Waals surface area (Å²) in [6, 6.07) is 7.92. The predicted octanol–water partition coefficient (Wildman–Crippen LogP) is 1.88. The molecule has 0 radical (unpaired) electrons. The van der Waals surface area contributed by atoms with E-state index < -0.39 is 42.7 Å². The molecule has 1 saturated heterocycles. The summed E-state index contributed by atoms with van der Waals surface area (Å²) in [5, 5.41) is 28.4. The lowest BCUT2D eigenvalue weighted by molar-refractivity contribution is -0.149. The number of nitrogens with one attached hydrogen (secondary N) is 2. The summed E-state index contributed by atoms with van der Waals surface area (Å²) in [5.41, 5.74) is -1.64. The van der Waals surface area contributed by atoms with Gasteiger partial charge in [-0.2, -0.15) is 0 Å². The molecule has 1 saturated carbocycles. The molecule has 2 unspecified atom stereocenters. The highest BCUT2D eigenvalue weighted by Crippen LogP contribution is 2.52. The second-order valence-corrected chi connectivity index (χ2v) is 13.0. The van der Waals surface area contributed by atoms with Crippen LogP contribution in [0.5, 0.6) is 5.75 Å². The predicted molar refractivity (Wildman–Crippen MR) is 142 cm³/mol. The van der Waals surface area contributed by atoms with Crippen LogP contribution in [0.15, 0.2) is 55.0 Å². The Morgan fingerprint density at radius 3 is 2.63 bits per heavy atom. The maximum Gasteiger partial charge on any atom is 0.323 e. The topological polar surface area (TPSA) is 139 Å². The number of ether oxygens (including phenoxy) is 2. The minimum atomic E-state index is -3.39. The van der Waals surface area contributed by atoms with Gasteiger partial charge in [-0.3, -0.25) is 9.59 Å². The highest BCUT2D eigenvalue weighted by Gasteiger charge is 2.64. The zero-order chi connectivity index (χ0) is 27.7. The average Bonchev–Trinajstić information content (AvgIpc) is 3.67. The molecule has 2 aliphatic heterocycles. The number of nitrogens with zero attached hydrogens (tertiary/aromatic N) is 1. The van der Waals surface area contributed by atoms with E-state index in [0.717, 1.165) is 0 Å². The average molecular weight is 568 g/mol. The van der Waals surface area contributed by atoms with Crippen molar-refractivity contribution in [1.82, 2.24) is 15.3 Å². The van der Waals surface area contributed by atoms with Crippen LogP contribution in [-0.2, 0) is 35.4 Å². The summed E-state index contributed by atoms with van der Waals surface area (Å²) in [6.07, 6.45) is 0.505. The lowest BCUT2D eigenvalue weighted by atomic mass is 9.88. The number of carbonyl (C=O) groups excluding carboxylic acids is 2. The Kier molecular flexibility index (Phi) is 8.63. The molecule has 0 spiro atoms. The quantitative estimate of drug-likeness (QED) is 0.230. The van der Waals surface area contributed by atoms with Gasteiger partial charge in [0.2, 0.25) is 0 Å². The molecule has 0 aromatic heterocycles. The number of carbonyl (C=O) groups is 2. The third-order valence-corrected chi connectivity index (χ3v) is 8.91. The fourth-order valence-electron chi connectivity index (χ4n) is 4.41. The molecule has 1 aliphatic carbocycles. The van der Waals surface area contributed by atoms with Crippen molar-refractivity contribution in [3.05, 3.63) is 55.0 Å². The first kappa shape index (κ1) is 28.7. The number of amides is 1. The molecular formula is C25H34N3O8PS. The number of aliphatic hydroxyl groups excluding tert-OH is 1. The molecule has 1 aromatic carbocycles. The summed E-state index contributed by atoms with van der Waals surface area (Å²) >= 11 is 5.74. The number of para-hydroxylation sites is 1. The van der Waals surface area contributed by atoms with Gasteiger partial charge in [-0.1, -0.05) is 24.8 Å². The van der Waals surface area contributed by atoms with Gasteiger partial charge in [-0.05, 0) is 63.5 Å². The SMILES string of the molecule is C=C1NC(=O)C=CN1[C@@H]1O[C@H](COP(=S)(NC(C)C(=O)OC(C)C)Oc2ccccc2)[C@@H](O)[C@]1(O)C1CC1. The zero-order valence-electron chi connectivity index (χ0n) is 21.5. The molecule has 6 atom stereocenters. The Bertz CT molecular complexity index is 1130. The van der Waals surface area contributed by atoms with E-state index in [1.165, 1.54) is 17.2 Å². The van der Waals surface area contributed by atoms with Crippen molar-refractivity contribution < 1.29 is 38.3 Å². The molecule has 208 valence electrons. The molecule has 1 aromatic rings. The molecule has 4 N–H and O–H groups in total. The first-order chi connectivity index (χ1) is 17.9. The molecule has 2 heterocycles. The van der Waals surface area contributed by atoms with Gasteiger partial charge in [0.15, 0.2) is 6.23 Å². The number of benzene rings is 1. The minimum Gasteiger partial charge on any atom is -0.462 e. The lowest BCUT2D eigenvalue weighted by Gasteiger charge is -2.39. The molecule has 4 rings (SSSR count). The summed E-state index contributed by atoms with van der Waals surface area (Å²) in [7, 11) is 0. The smallest absolute Gasteiger partial charge is 0.323 e.